The van der Waals surface area contributed by atoms with Crippen LogP contribution >= 0.6 is 0 Å². The van der Waals surface area contributed by atoms with Gasteiger partial charge in [0.25, 0.3) is 0 Å². The first-order valence-corrected chi connectivity index (χ1v) is 8.56. The third-order valence-electron chi connectivity index (χ3n) is 4.40. The van der Waals surface area contributed by atoms with Gasteiger partial charge in [0.2, 0.25) is 0 Å². The largest absolute Gasteiger partial charge is 0.314 e. The van der Waals surface area contributed by atoms with E-state index in [4.69, 9.17) is 0 Å². The lowest BCUT2D eigenvalue weighted by Gasteiger charge is -2.26. The van der Waals surface area contributed by atoms with Gasteiger partial charge in [0.05, 0.1) is 0 Å². The van der Waals surface area contributed by atoms with E-state index < -0.39 is 0 Å². The summed E-state index contributed by atoms with van der Waals surface area (Å²) in [5.41, 5.74) is 0. The lowest BCUT2D eigenvalue weighted by atomic mass is 9.91. The van der Waals surface area contributed by atoms with Crippen LogP contribution in [0.3, 0.4) is 0 Å². The molecule has 0 aromatic rings. The Morgan fingerprint density at radius 3 is 2.39 bits per heavy atom. The predicted octanol–water partition coefficient (Wildman–Crippen LogP) is 5.30. The number of piperidine rings is 1. The maximum Gasteiger partial charge on any atom is 0.00696 e. The van der Waals surface area contributed by atoms with E-state index in [-0.39, 0.29) is 0 Å². The van der Waals surface area contributed by atoms with Gasteiger partial charge >= 0.3 is 0 Å². The second-order valence-electron chi connectivity index (χ2n) is 6.40. The van der Waals surface area contributed by atoms with E-state index in [1.165, 1.54) is 83.6 Å². The molecule has 18 heavy (non-hydrogen) atoms. The first kappa shape index (κ1) is 16.0. The molecule has 0 radical (unpaired) electrons. The first-order valence-electron chi connectivity index (χ1n) is 8.56. The van der Waals surface area contributed by atoms with Crippen molar-refractivity contribution >= 4 is 0 Å². The minimum Gasteiger partial charge on any atom is -0.314 e. The lowest BCUT2D eigenvalue weighted by molar-refractivity contribution is 0.323. The summed E-state index contributed by atoms with van der Waals surface area (Å²) in [6, 6.07) is 0.832. The van der Waals surface area contributed by atoms with E-state index in [2.05, 4.69) is 19.2 Å². The molecule has 1 fully saturated rings. The number of hydrogen-bond donors (Lipinski definition) is 1. The van der Waals surface area contributed by atoms with Gasteiger partial charge in [-0.2, -0.15) is 0 Å². The third kappa shape index (κ3) is 8.13. The second kappa shape index (κ2) is 10.8. The highest BCUT2D eigenvalue weighted by atomic mass is 14.9. The topological polar surface area (TPSA) is 12.0 Å². The summed E-state index contributed by atoms with van der Waals surface area (Å²) in [7, 11) is 0. The molecule has 0 aromatic heterocycles. The van der Waals surface area contributed by atoms with Gasteiger partial charge in [0.1, 0.15) is 0 Å². The highest BCUT2D eigenvalue weighted by Crippen LogP contribution is 2.20. The van der Waals surface area contributed by atoms with E-state index in [0.29, 0.717) is 0 Å². The molecule has 0 aromatic carbocycles. The van der Waals surface area contributed by atoms with Gasteiger partial charge in [-0.3, -0.25) is 0 Å². The molecule has 1 aliphatic heterocycles. The van der Waals surface area contributed by atoms with Crippen molar-refractivity contribution in [3.05, 3.63) is 0 Å². The van der Waals surface area contributed by atoms with Crippen LogP contribution in [0.5, 0.6) is 0 Å². The molecule has 108 valence electrons. The fraction of sp³-hybridized carbons (Fsp3) is 1.00. The SMILES string of the molecule is CCCCCCCCCC(C)CC1CCCCN1. The highest BCUT2D eigenvalue weighted by Gasteiger charge is 2.15. The summed E-state index contributed by atoms with van der Waals surface area (Å²) in [4.78, 5) is 0. The minimum atomic E-state index is 0.832. The van der Waals surface area contributed by atoms with Gasteiger partial charge in [-0.15, -0.1) is 0 Å². The van der Waals surface area contributed by atoms with Crippen LogP contribution in [0.15, 0.2) is 0 Å². The van der Waals surface area contributed by atoms with Crippen LogP contribution in [0.2, 0.25) is 0 Å². The zero-order valence-electron chi connectivity index (χ0n) is 12.8. The zero-order valence-corrected chi connectivity index (χ0v) is 12.8. The Kier molecular flexibility index (Phi) is 9.65. The van der Waals surface area contributed by atoms with Crippen LogP contribution in [0.25, 0.3) is 0 Å². The van der Waals surface area contributed by atoms with Crippen LogP contribution in [-0.2, 0) is 0 Å². The van der Waals surface area contributed by atoms with Gasteiger partial charge in [-0.1, -0.05) is 71.6 Å². The Hall–Kier alpha value is -0.0400. The molecule has 0 bridgehead atoms. The smallest absolute Gasteiger partial charge is 0.00696 e. The average molecular weight is 253 g/mol. The van der Waals surface area contributed by atoms with Crippen molar-refractivity contribution < 1.29 is 0 Å². The molecule has 1 rings (SSSR count). The molecule has 2 unspecified atom stereocenters. The van der Waals surface area contributed by atoms with Crippen LogP contribution in [0.4, 0.5) is 0 Å². The Balaban J connectivity index is 1.88. The summed E-state index contributed by atoms with van der Waals surface area (Å²) in [6.45, 7) is 6.00. The second-order valence-corrected chi connectivity index (χ2v) is 6.40. The molecule has 0 aliphatic carbocycles. The quantitative estimate of drug-likeness (QED) is 0.521. The standard InChI is InChI=1S/C17H35N/c1-3-4-5-6-7-8-9-12-16(2)15-17-13-10-11-14-18-17/h16-18H,3-15H2,1-2H3. The van der Waals surface area contributed by atoms with Crippen molar-refractivity contribution in [2.75, 3.05) is 6.54 Å². The van der Waals surface area contributed by atoms with Gasteiger partial charge in [-0.25, -0.2) is 0 Å². The maximum atomic E-state index is 3.67. The Morgan fingerprint density at radius 1 is 1.00 bits per heavy atom. The number of nitrogens with one attached hydrogen (secondary N) is 1. The Morgan fingerprint density at radius 2 is 1.72 bits per heavy atom. The summed E-state index contributed by atoms with van der Waals surface area (Å²) in [6.07, 6.45) is 17.2. The Bertz CT molecular complexity index is 172. The van der Waals surface area contributed by atoms with Crippen LogP contribution in [0, 0.1) is 5.92 Å². The van der Waals surface area contributed by atoms with E-state index >= 15 is 0 Å². The molecule has 1 aliphatic rings. The lowest BCUT2D eigenvalue weighted by Crippen LogP contribution is -2.35. The van der Waals surface area contributed by atoms with Crippen molar-refractivity contribution in [3.63, 3.8) is 0 Å². The molecular weight excluding hydrogens is 218 g/mol. The number of rotatable bonds is 10. The van der Waals surface area contributed by atoms with Gasteiger partial charge in [0, 0.05) is 6.04 Å². The molecule has 1 heteroatoms. The molecule has 2 atom stereocenters. The minimum absolute atomic E-state index is 0.832. The molecular formula is C17H35N. The molecule has 0 amide bonds. The average Bonchev–Trinajstić information content (AvgIpc) is 2.39. The molecule has 1 nitrogen and oxygen atoms in total. The van der Waals surface area contributed by atoms with E-state index in [9.17, 15) is 0 Å². The summed E-state index contributed by atoms with van der Waals surface area (Å²) >= 11 is 0. The summed E-state index contributed by atoms with van der Waals surface area (Å²) in [5, 5.41) is 3.67. The normalized spacial score (nSPS) is 22.0. The molecule has 0 spiro atoms. The first-order chi connectivity index (χ1) is 8.83. The summed E-state index contributed by atoms with van der Waals surface area (Å²) in [5.74, 6) is 0.927. The fourth-order valence-electron chi connectivity index (χ4n) is 3.18. The maximum absolute atomic E-state index is 3.67. The number of hydrogen-bond acceptors (Lipinski definition) is 1. The van der Waals surface area contributed by atoms with Crippen molar-refractivity contribution in [2.45, 2.75) is 96.9 Å². The predicted molar refractivity (Wildman–Crippen MR) is 82.0 cm³/mol. The third-order valence-corrected chi connectivity index (χ3v) is 4.40. The highest BCUT2D eigenvalue weighted by molar-refractivity contribution is 4.74. The van der Waals surface area contributed by atoms with Gasteiger partial charge in [0.15, 0.2) is 0 Å². The van der Waals surface area contributed by atoms with E-state index in [1.807, 2.05) is 0 Å². The molecule has 1 N–H and O–H groups in total. The van der Waals surface area contributed by atoms with Gasteiger partial charge in [-0.05, 0) is 31.7 Å². The van der Waals surface area contributed by atoms with Crippen molar-refractivity contribution in [1.82, 2.24) is 5.32 Å². The van der Waals surface area contributed by atoms with Crippen molar-refractivity contribution in [2.24, 2.45) is 5.92 Å². The molecule has 1 saturated heterocycles. The van der Waals surface area contributed by atoms with E-state index in [0.717, 1.165) is 12.0 Å². The van der Waals surface area contributed by atoms with E-state index in [1.54, 1.807) is 0 Å². The number of unbranched alkanes of at least 4 members (excludes halogenated alkanes) is 6. The van der Waals surface area contributed by atoms with Crippen molar-refractivity contribution in [1.29, 1.82) is 0 Å². The van der Waals surface area contributed by atoms with Crippen LogP contribution < -0.4 is 5.32 Å². The Labute approximate surface area is 115 Å². The molecule has 1 heterocycles. The van der Waals surface area contributed by atoms with Gasteiger partial charge < -0.3 is 5.32 Å². The summed E-state index contributed by atoms with van der Waals surface area (Å²) < 4.78 is 0. The zero-order chi connectivity index (χ0) is 13.1. The van der Waals surface area contributed by atoms with Crippen LogP contribution in [-0.4, -0.2) is 12.6 Å². The van der Waals surface area contributed by atoms with Crippen molar-refractivity contribution in [3.8, 4) is 0 Å². The van der Waals surface area contributed by atoms with Crippen LogP contribution in [0.1, 0.15) is 90.9 Å². The monoisotopic (exact) mass is 253 g/mol. The molecule has 0 saturated carbocycles. The fourth-order valence-corrected chi connectivity index (χ4v) is 3.18.